The van der Waals surface area contributed by atoms with Crippen LogP contribution in [-0.2, 0) is 9.53 Å². The van der Waals surface area contributed by atoms with Gasteiger partial charge in [-0.15, -0.1) is 0 Å². The average molecular weight is 386 g/mol. The Morgan fingerprint density at radius 1 is 1.04 bits per heavy atom. The molecule has 0 saturated carbocycles. The predicted molar refractivity (Wildman–Crippen MR) is 105 cm³/mol. The number of ether oxygens (including phenoxy) is 2. The third-order valence-corrected chi connectivity index (χ3v) is 6.11. The van der Waals surface area contributed by atoms with Crippen molar-refractivity contribution in [2.75, 3.05) is 32.8 Å². The summed E-state index contributed by atoms with van der Waals surface area (Å²) in [5.41, 5.74) is 0.692. The van der Waals surface area contributed by atoms with Crippen LogP contribution in [0.3, 0.4) is 0 Å². The minimum Gasteiger partial charge on any atom is -0.491 e. The molecule has 3 fully saturated rings. The van der Waals surface area contributed by atoms with Crippen molar-refractivity contribution in [1.82, 2.24) is 9.80 Å². The number of benzene rings is 1. The van der Waals surface area contributed by atoms with Gasteiger partial charge in [0.25, 0.3) is 5.91 Å². The third-order valence-electron chi connectivity index (χ3n) is 6.11. The topological polar surface area (TPSA) is 59.1 Å². The molecule has 3 heterocycles. The summed E-state index contributed by atoms with van der Waals surface area (Å²) in [5, 5.41) is 0. The van der Waals surface area contributed by atoms with E-state index in [0.717, 1.165) is 57.4 Å². The highest BCUT2D eigenvalue weighted by Gasteiger charge is 2.31. The first kappa shape index (κ1) is 19.2. The van der Waals surface area contributed by atoms with Gasteiger partial charge in [0, 0.05) is 44.3 Å². The molecule has 3 saturated heterocycles. The number of carbonyl (C=O) groups is 2. The van der Waals surface area contributed by atoms with E-state index in [1.807, 2.05) is 34.1 Å². The second-order valence-corrected chi connectivity index (χ2v) is 8.04. The number of hydrogen-bond donors (Lipinski definition) is 0. The minimum absolute atomic E-state index is 0.0640. The molecular weight excluding hydrogens is 356 g/mol. The molecule has 1 aromatic carbocycles. The van der Waals surface area contributed by atoms with Crippen LogP contribution in [-0.4, -0.2) is 66.6 Å². The first-order valence-corrected chi connectivity index (χ1v) is 10.6. The van der Waals surface area contributed by atoms with Gasteiger partial charge in [-0.25, -0.2) is 0 Å². The van der Waals surface area contributed by atoms with E-state index in [1.165, 1.54) is 0 Å². The molecule has 0 bridgehead atoms. The van der Waals surface area contributed by atoms with E-state index in [9.17, 15) is 9.59 Å². The molecule has 0 aromatic heterocycles. The maximum Gasteiger partial charge on any atom is 0.253 e. The van der Waals surface area contributed by atoms with Crippen molar-refractivity contribution in [2.45, 2.75) is 57.1 Å². The molecular formula is C22H30N2O4. The lowest BCUT2D eigenvalue weighted by molar-refractivity contribution is -0.136. The molecule has 4 rings (SSSR count). The van der Waals surface area contributed by atoms with E-state index < -0.39 is 0 Å². The fourth-order valence-electron chi connectivity index (χ4n) is 4.43. The summed E-state index contributed by atoms with van der Waals surface area (Å²) < 4.78 is 11.3. The van der Waals surface area contributed by atoms with Gasteiger partial charge in [0.15, 0.2) is 0 Å². The van der Waals surface area contributed by atoms with Crippen LogP contribution in [0.5, 0.6) is 5.75 Å². The van der Waals surface area contributed by atoms with Gasteiger partial charge in [-0.05, 0) is 62.8 Å². The van der Waals surface area contributed by atoms with Gasteiger partial charge in [0.1, 0.15) is 12.4 Å². The second kappa shape index (κ2) is 8.95. The molecule has 6 nitrogen and oxygen atoms in total. The second-order valence-electron chi connectivity index (χ2n) is 8.04. The van der Waals surface area contributed by atoms with Crippen molar-refractivity contribution in [2.24, 2.45) is 0 Å². The summed E-state index contributed by atoms with van der Waals surface area (Å²) in [4.78, 5) is 28.9. The Morgan fingerprint density at radius 2 is 1.82 bits per heavy atom. The summed E-state index contributed by atoms with van der Waals surface area (Å²) in [5.74, 6) is 1.12. The Labute approximate surface area is 166 Å². The molecule has 28 heavy (non-hydrogen) atoms. The molecule has 1 atom stereocenters. The Hall–Kier alpha value is -2.08. The quantitative estimate of drug-likeness (QED) is 0.781. The molecule has 0 spiro atoms. The zero-order valence-electron chi connectivity index (χ0n) is 16.5. The molecule has 6 heteroatoms. The lowest BCUT2D eigenvalue weighted by atomic mass is 9.99. The number of rotatable bonds is 5. The predicted octanol–water partition coefficient (Wildman–Crippen LogP) is 2.86. The summed E-state index contributed by atoms with van der Waals surface area (Å²) in [7, 11) is 0. The summed E-state index contributed by atoms with van der Waals surface area (Å²) in [6.45, 7) is 3.69. The zero-order chi connectivity index (χ0) is 19.3. The summed E-state index contributed by atoms with van der Waals surface area (Å²) in [6.07, 6.45) is 6.89. The van der Waals surface area contributed by atoms with Gasteiger partial charge >= 0.3 is 0 Å². The number of hydrogen-bond acceptors (Lipinski definition) is 4. The molecule has 2 amide bonds. The monoisotopic (exact) mass is 386 g/mol. The van der Waals surface area contributed by atoms with Crippen molar-refractivity contribution in [3.8, 4) is 5.75 Å². The Balaban J connectivity index is 1.27. The zero-order valence-corrected chi connectivity index (χ0v) is 16.5. The molecule has 1 aromatic rings. The van der Waals surface area contributed by atoms with Crippen molar-refractivity contribution in [3.63, 3.8) is 0 Å². The molecule has 152 valence electrons. The maximum absolute atomic E-state index is 12.8. The lowest BCUT2D eigenvalue weighted by Crippen LogP contribution is -2.50. The van der Waals surface area contributed by atoms with Gasteiger partial charge in [0.2, 0.25) is 5.91 Å². The van der Waals surface area contributed by atoms with Gasteiger partial charge in [-0.3, -0.25) is 9.59 Å². The van der Waals surface area contributed by atoms with Crippen LogP contribution >= 0.6 is 0 Å². The number of amides is 2. The number of likely N-dealkylation sites (tertiary alicyclic amines) is 2. The largest absolute Gasteiger partial charge is 0.491 e. The first-order valence-electron chi connectivity index (χ1n) is 10.6. The van der Waals surface area contributed by atoms with Crippen LogP contribution in [0, 0.1) is 0 Å². The van der Waals surface area contributed by atoms with Crippen molar-refractivity contribution in [1.29, 1.82) is 0 Å². The highest BCUT2D eigenvalue weighted by Crippen LogP contribution is 2.23. The molecule has 0 radical (unpaired) electrons. The summed E-state index contributed by atoms with van der Waals surface area (Å²) >= 11 is 0. The molecule has 1 unspecified atom stereocenters. The Bertz CT molecular complexity index is 676. The molecule has 0 N–H and O–H groups in total. The lowest BCUT2D eigenvalue weighted by Gasteiger charge is -2.40. The fraction of sp³-hybridized carbons (Fsp3) is 0.636. The summed E-state index contributed by atoms with van der Waals surface area (Å²) in [6, 6.07) is 7.70. The number of carbonyl (C=O) groups excluding carboxylic acids is 2. The van der Waals surface area contributed by atoms with Crippen LogP contribution in [0.25, 0.3) is 0 Å². The average Bonchev–Trinajstić information content (AvgIpc) is 3.26. The third kappa shape index (κ3) is 4.49. The first-order chi connectivity index (χ1) is 13.7. The minimum atomic E-state index is 0.0640. The van der Waals surface area contributed by atoms with Crippen LogP contribution < -0.4 is 4.74 Å². The fourth-order valence-corrected chi connectivity index (χ4v) is 4.43. The van der Waals surface area contributed by atoms with Gasteiger partial charge in [-0.1, -0.05) is 0 Å². The van der Waals surface area contributed by atoms with E-state index in [4.69, 9.17) is 9.47 Å². The number of nitrogens with zero attached hydrogens (tertiary/aromatic N) is 2. The van der Waals surface area contributed by atoms with Crippen LogP contribution in [0.2, 0.25) is 0 Å². The Kier molecular flexibility index (Phi) is 6.15. The van der Waals surface area contributed by atoms with Crippen LogP contribution in [0.1, 0.15) is 55.3 Å². The van der Waals surface area contributed by atoms with Crippen LogP contribution in [0.4, 0.5) is 0 Å². The standard InChI is InChI=1S/C22H30N2O4/c25-21-5-1-2-12-24(21)18-10-13-23(14-11-18)22(26)17-6-8-19(9-7-17)28-16-20-4-3-15-27-20/h6-9,18,20H,1-5,10-16H2. The van der Waals surface area contributed by atoms with E-state index >= 15 is 0 Å². The van der Waals surface area contributed by atoms with Crippen molar-refractivity contribution in [3.05, 3.63) is 29.8 Å². The van der Waals surface area contributed by atoms with Crippen molar-refractivity contribution >= 4 is 11.8 Å². The van der Waals surface area contributed by atoms with Gasteiger partial charge in [-0.2, -0.15) is 0 Å². The molecule has 3 aliphatic rings. The number of piperidine rings is 2. The highest BCUT2D eigenvalue weighted by atomic mass is 16.5. The van der Waals surface area contributed by atoms with Gasteiger partial charge in [0.05, 0.1) is 6.10 Å². The van der Waals surface area contributed by atoms with E-state index in [0.29, 0.717) is 37.7 Å². The van der Waals surface area contributed by atoms with Crippen LogP contribution in [0.15, 0.2) is 24.3 Å². The van der Waals surface area contributed by atoms with Crippen molar-refractivity contribution < 1.29 is 19.1 Å². The van der Waals surface area contributed by atoms with E-state index in [1.54, 1.807) is 0 Å². The Morgan fingerprint density at radius 3 is 2.50 bits per heavy atom. The molecule has 3 aliphatic heterocycles. The maximum atomic E-state index is 12.8. The smallest absolute Gasteiger partial charge is 0.253 e. The molecule has 0 aliphatic carbocycles. The van der Waals surface area contributed by atoms with Gasteiger partial charge < -0.3 is 19.3 Å². The highest BCUT2D eigenvalue weighted by molar-refractivity contribution is 5.94. The van der Waals surface area contributed by atoms with E-state index in [2.05, 4.69) is 0 Å². The normalized spacial score (nSPS) is 23.9. The van der Waals surface area contributed by atoms with E-state index in [-0.39, 0.29) is 17.9 Å². The SMILES string of the molecule is O=C(c1ccc(OCC2CCCO2)cc1)N1CCC(N2CCCCC2=O)CC1.